The summed E-state index contributed by atoms with van der Waals surface area (Å²) in [5.74, 6) is -0.311. The van der Waals surface area contributed by atoms with Gasteiger partial charge in [0.15, 0.2) is 0 Å². The van der Waals surface area contributed by atoms with Gasteiger partial charge in [-0.15, -0.1) is 10.2 Å². The largest absolute Gasteiger partial charge is 0.445 e. The Balaban J connectivity index is 1.69. The summed E-state index contributed by atoms with van der Waals surface area (Å²) in [5, 5.41) is 8.64. The van der Waals surface area contributed by atoms with Gasteiger partial charge >= 0.3 is 6.18 Å². The minimum absolute atomic E-state index is 0.130. The SMILES string of the molecule is Fc1cccc(C2(CNc3nnc(C(F)(F)F)s3)CC2)c1. The van der Waals surface area contributed by atoms with E-state index in [-0.39, 0.29) is 16.4 Å². The standard InChI is InChI=1S/C13H11F4N3S/c14-9-3-1-2-8(6-9)12(4-5-12)7-18-11-20-19-10(21-11)13(15,16)17/h1-3,6H,4-5,7H2,(H,18,20). The van der Waals surface area contributed by atoms with Crippen molar-refractivity contribution in [2.24, 2.45) is 0 Å². The van der Waals surface area contributed by atoms with Gasteiger partial charge in [0.2, 0.25) is 10.1 Å². The molecule has 1 aliphatic carbocycles. The summed E-state index contributed by atoms with van der Waals surface area (Å²) >= 11 is 0.474. The molecule has 1 N–H and O–H groups in total. The van der Waals surface area contributed by atoms with Crippen molar-refractivity contribution in [2.45, 2.75) is 24.4 Å². The molecule has 1 fully saturated rings. The number of hydrogen-bond acceptors (Lipinski definition) is 4. The molecule has 2 aromatic rings. The van der Waals surface area contributed by atoms with Crippen LogP contribution in [0.15, 0.2) is 24.3 Å². The molecule has 1 aliphatic rings. The Morgan fingerprint density at radius 1 is 1.24 bits per heavy atom. The van der Waals surface area contributed by atoms with E-state index in [9.17, 15) is 17.6 Å². The maximum Gasteiger partial charge on any atom is 0.445 e. The van der Waals surface area contributed by atoms with Crippen LogP contribution in [0.25, 0.3) is 0 Å². The van der Waals surface area contributed by atoms with Crippen molar-refractivity contribution in [3.63, 3.8) is 0 Å². The normalized spacial score (nSPS) is 16.8. The topological polar surface area (TPSA) is 37.8 Å². The lowest BCUT2D eigenvalue weighted by atomic mass is 9.96. The lowest BCUT2D eigenvalue weighted by molar-refractivity contribution is -0.138. The number of hydrogen-bond donors (Lipinski definition) is 1. The van der Waals surface area contributed by atoms with Gasteiger partial charge in [-0.25, -0.2) is 4.39 Å². The van der Waals surface area contributed by atoms with Gasteiger partial charge in [0.05, 0.1) is 0 Å². The van der Waals surface area contributed by atoms with Crippen LogP contribution in [0.3, 0.4) is 0 Å². The third-order valence-electron chi connectivity index (χ3n) is 3.54. The van der Waals surface area contributed by atoms with Gasteiger partial charge in [-0.3, -0.25) is 0 Å². The summed E-state index contributed by atoms with van der Waals surface area (Å²) in [6.07, 6.45) is -2.74. The number of nitrogens with one attached hydrogen (secondary N) is 1. The minimum atomic E-state index is -4.47. The molecule has 0 bridgehead atoms. The lowest BCUT2D eigenvalue weighted by Gasteiger charge is -2.16. The molecule has 0 spiro atoms. The third kappa shape index (κ3) is 2.99. The van der Waals surface area contributed by atoms with E-state index >= 15 is 0 Å². The molecule has 112 valence electrons. The van der Waals surface area contributed by atoms with Gasteiger partial charge in [0.1, 0.15) is 5.82 Å². The Kier molecular flexibility index (Phi) is 3.35. The molecule has 1 heterocycles. The molecule has 0 unspecified atom stereocenters. The zero-order valence-electron chi connectivity index (χ0n) is 10.7. The Hall–Kier alpha value is -1.70. The fourth-order valence-electron chi connectivity index (χ4n) is 2.19. The summed E-state index contributed by atoms with van der Waals surface area (Å²) < 4.78 is 50.6. The van der Waals surface area contributed by atoms with Crippen LogP contribution in [-0.2, 0) is 11.6 Å². The molecule has 21 heavy (non-hydrogen) atoms. The monoisotopic (exact) mass is 317 g/mol. The summed E-state index contributed by atoms with van der Waals surface area (Å²) in [4.78, 5) is 0. The molecule has 3 nitrogen and oxygen atoms in total. The Labute approximate surface area is 122 Å². The van der Waals surface area contributed by atoms with Crippen LogP contribution in [0.5, 0.6) is 0 Å². The first kappa shape index (κ1) is 14.2. The quantitative estimate of drug-likeness (QED) is 0.871. The molecular weight excluding hydrogens is 306 g/mol. The van der Waals surface area contributed by atoms with Crippen molar-refractivity contribution >= 4 is 16.5 Å². The second-order valence-electron chi connectivity index (χ2n) is 5.05. The second kappa shape index (κ2) is 4.94. The highest BCUT2D eigenvalue weighted by molar-refractivity contribution is 7.15. The average Bonchev–Trinajstić information content (AvgIpc) is 3.05. The van der Waals surface area contributed by atoms with Gasteiger partial charge < -0.3 is 5.32 Å². The highest BCUT2D eigenvalue weighted by atomic mass is 32.1. The van der Waals surface area contributed by atoms with Gasteiger partial charge in [-0.2, -0.15) is 13.2 Å². The zero-order chi connectivity index (χ0) is 15.1. The number of aromatic nitrogens is 2. The van der Waals surface area contributed by atoms with Crippen molar-refractivity contribution in [2.75, 3.05) is 11.9 Å². The van der Waals surface area contributed by atoms with Crippen LogP contribution in [0.1, 0.15) is 23.4 Å². The number of alkyl halides is 3. The first-order valence-electron chi connectivity index (χ1n) is 6.30. The van der Waals surface area contributed by atoms with Crippen LogP contribution in [0.2, 0.25) is 0 Å². The van der Waals surface area contributed by atoms with Crippen molar-refractivity contribution < 1.29 is 17.6 Å². The van der Waals surface area contributed by atoms with Crippen molar-refractivity contribution in [3.05, 3.63) is 40.7 Å². The van der Waals surface area contributed by atoms with Crippen molar-refractivity contribution in [1.82, 2.24) is 10.2 Å². The van der Waals surface area contributed by atoms with Crippen LogP contribution >= 0.6 is 11.3 Å². The van der Waals surface area contributed by atoms with Crippen LogP contribution in [0, 0.1) is 5.82 Å². The first-order valence-corrected chi connectivity index (χ1v) is 7.11. The maximum absolute atomic E-state index is 13.3. The highest BCUT2D eigenvalue weighted by Crippen LogP contribution is 2.48. The summed E-state index contributed by atoms with van der Waals surface area (Å²) in [6, 6.07) is 6.31. The number of benzene rings is 1. The van der Waals surface area contributed by atoms with Crippen LogP contribution in [0.4, 0.5) is 22.7 Å². The van der Waals surface area contributed by atoms with E-state index in [1.165, 1.54) is 12.1 Å². The Morgan fingerprint density at radius 2 is 2.00 bits per heavy atom. The maximum atomic E-state index is 13.3. The predicted molar refractivity (Wildman–Crippen MR) is 70.7 cm³/mol. The molecule has 0 radical (unpaired) electrons. The molecule has 1 aromatic heterocycles. The van der Waals surface area contributed by atoms with Gasteiger partial charge in [-0.05, 0) is 30.5 Å². The Bertz CT molecular complexity index is 649. The Morgan fingerprint density at radius 3 is 2.57 bits per heavy atom. The van der Waals surface area contributed by atoms with Crippen molar-refractivity contribution in [1.29, 1.82) is 0 Å². The van der Waals surface area contributed by atoms with E-state index < -0.39 is 11.2 Å². The third-order valence-corrected chi connectivity index (χ3v) is 4.46. The average molecular weight is 317 g/mol. The molecule has 0 atom stereocenters. The smallest absolute Gasteiger partial charge is 0.359 e. The molecule has 3 rings (SSSR count). The fraction of sp³-hybridized carbons (Fsp3) is 0.385. The summed E-state index contributed by atoms with van der Waals surface area (Å²) in [6.45, 7) is 0.420. The second-order valence-corrected chi connectivity index (χ2v) is 6.03. The van der Waals surface area contributed by atoms with Crippen molar-refractivity contribution in [3.8, 4) is 0 Å². The zero-order valence-corrected chi connectivity index (χ0v) is 11.6. The number of anilines is 1. The van der Waals surface area contributed by atoms with Gasteiger partial charge in [0, 0.05) is 12.0 Å². The molecule has 8 heteroatoms. The lowest BCUT2D eigenvalue weighted by Crippen LogP contribution is -2.19. The number of nitrogens with zero attached hydrogens (tertiary/aromatic N) is 2. The van der Waals surface area contributed by atoms with E-state index in [1.807, 2.05) is 6.07 Å². The van der Waals surface area contributed by atoms with E-state index in [4.69, 9.17) is 0 Å². The van der Waals surface area contributed by atoms with E-state index in [2.05, 4.69) is 15.5 Å². The number of halogens is 4. The molecule has 1 saturated carbocycles. The number of rotatable bonds is 4. The molecule has 1 aromatic carbocycles. The summed E-state index contributed by atoms with van der Waals surface area (Å²) in [7, 11) is 0. The van der Waals surface area contributed by atoms with E-state index in [1.54, 1.807) is 6.07 Å². The van der Waals surface area contributed by atoms with E-state index in [0.29, 0.717) is 17.9 Å². The molecule has 0 saturated heterocycles. The predicted octanol–water partition coefficient (Wildman–Crippen LogP) is 3.84. The summed E-state index contributed by atoms with van der Waals surface area (Å²) in [5.41, 5.74) is 0.641. The fourth-order valence-corrected chi connectivity index (χ4v) is 2.80. The van der Waals surface area contributed by atoms with Crippen LogP contribution in [-0.4, -0.2) is 16.7 Å². The molecular formula is C13H11F4N3S. The van der Waals surface area contributed by atoms with Crippen LogP contribution < -0.4 is 5.32 Å². The molecule has 0 aliphatic heterocycles. The first-order chi connectivity index (χ1) is 9.89. The van der Waals surface area contributed by atoms with E-state index in [0.717, 1.165) is 18.4 Å². The highest BCUT2D eigenvalue weighted by Gasteiger charge is 2.44. The minimum Gasteiger partial charge on any atom is -0.359 e. The molecule has 0 amide bonds. The van der Waals surface area contributed by atoms with Gasteiger partial charge in [-0.1, -0.05) is 23.5 Å². The van der Waals surface area contributed by atoms with Gasteiger partial charge in [0.25, 0.3) is 0 Å².